The van der Waals surface area contributed by atoms with Gasteiger partial charge in [0.1, 0.15) is 10.8 Å². The summed E-state index contributed by atoms with van der Waals surface area (Å²) in [6, 6.07) is 7.48. The Balaban J connectivity index is 2.19. The molecular weight excluding hydrogens is 330 g/mol. The van der Waals surface area contributed by atoms with Crippen LogP contribution in [0.5, 0.6) is 11.6 Å². The number of hydrogen-bond donors (Lipinski definition) is 1. The van der Waals surface area contributed by atoms with Crippen molar-refractivity contribution in [2.45, 2.75) is 13.3 Å². The van der Waals surface area contributed by atoms with E-state index in [1.165, 1.54) is 6.20 Å². The molecule has 0 aliphatic heterocycles. The van der Waals surface area contributed by atoms with Crippen molar-refractivity contribution < 1.29 is 4.74 Å². The van der Waals surface area contributed by atoms with Crippen LogP contribution in [0.3, 0.4) is 0 Å². The number of benzene rings is 1. The topological polar surface area (TPSA) is 47.0 Å². The van der Waals surface area contributed by atoms with Crippen LogP contribution in [0.4, 0.5) is 5.95 Å². The molecular formula is C13H13BrClN3O. The van der Waals surface area contributed by atoms with Crippen molar-refractivity contribution >= 4 is 33.5 Å². The standard InChI is InChI=1S/C13H13BrClN3O/c1-2-6-16-13-17-8-11(15)12(18-13)19-10-5-3-4-9(14)7-10/h3-5,7-8H,2,6H2,1H3,(H,16,17,18). The van der Waals surface area contributed by atoms with Gasteiger partial charge >= 0.3 is 0 Å². The third kappa shape index (κ3) is 4.08. The molecule has 0 aliphatic carbocycles. The molecule has 0 unspecified atom stereocenters. The van der Waals surface area contributed by atoms with E-state index in [2.05, 4.69) is 38.1 Å². The number of ether oxygens (including phenoxy) is 1. The monoisotopic (exact) mass is 341 g/mol. The molecule has 1 heterocycles. The summed E-state index contributed by atoms with van der Waals surface area (Å²) in [5.41, 5.74) is 0. The first-order chi connectivity index (χ1) is 9.19. The Labute approximate surface area is 125 Å². The van der Waals surface area contributed by atoms with E-state index < -0.39 is 0 Å². The summed E-state index contributed by atoms with van der Waals surface area (Å²) in [5, 5.41) is 3.47. The molecule has 0 saturated carbocycles. The van der Waals surface area contributed by atoms with E-state index in [1.54, 1.807) is 0 Å². The second kappa shape index (κ2) is 6.73. The Bertz CT molecular complexity index is 565. The maximum absolute atomic E-state index is 6.03. The third-order valence-electron chi connectivity index (χ3n) is 2.26. The van der Waals surface area contributed by atoms with Gasteiger partial charge in [-0.05, 0) is 24.6 Å². The second-order valence-electron chi connectivity index (χ2n) is 3.83. The van der Waals surface area contributed by atoms with E-state index in [1.807, 2.05) is 24.3 Å². The molecule has 0 spiro atoms. The summed E-state index contributed by atoms with van der Waals surface area (Å²) in [7, 11) is 0. The summed E-state index contributed by atoms with van der Waals surface area (Å²) >= 11 is 9.42. The zero-order valence-electron chi connectivity index (χ0n) is 10.4. The summed E-state index contributed by atoms with van der Waals surface area (Å²) in [5.74, 6) is 1.51. The maximum Gasteiger partial charge on any atom is 0.243 e. The van der Waals surface area contributed by atoms with Crippen LogP contribution in [0.15, 0.2) is 34.9 Å². The molecule has 1 aromatic heterocycles. The molecule has 0 fully saturated rings. The lowest BCUT2D eigenvalue weighted by atomic mass is 10.3. The van der Waals surface area contributed by atoms with Gasteiger partial charge in [-0.3, -0.25) is 0 Å². The summed E-state index contributed by atoms with van der Waals surface area (Å²) < 4.78 is 6.59. The molecule has 0 bridgehead atoms. The maximum atomic E-state index is 6.03. The molecule has 0 radical (unpaired) electrons. The van der Waals surface area contributed by atoms with E-state index in [0.717, 1.165) is 17.4 Å². The number of rotatable bonds is 5. The van der Waals surface area contributed by atoms with Gasteiger partial charge in [0.2, 0.25) is 11.8 Å². The first-order valence-corrected chi connectivity index (χ1v) is 7.06. The van der Waals surface area contributed by atoms with Crippen molar-refractivity contribution in [3.63, 3.8) is 0 Å². The van der Waals surface area contributed by atoms with Crippen molar-refractivity contribution in [3.05, 3.63) is 40.0 Å². The Morgan fingerprint density at radius 2 is 2.26 bits per heavy atom. The van der Waals surface area contributed by atoms with Crippen LogP contribution in [-0.4, -0.2) is 16.5 Å². The Morgan fingerprint density at radius 3 is 3.00 bits per heavy atom. The molecule has 2 rings (SSSR count). The predicted octanol–water partition coefficient (Wildman–Crippen LogP) is 4.51. The average molecular weight is 343 g/mol. The summed E-state index contributed by atoms with van der Waals surface area (Å²) in [4.78, 5) is 8.34. The van der Waals surface area contributed by atoms with Gasteiger partial charge in [0.05, 0.1) is 6.20 Å². The lowest BCUT2D eigenvalue weighted by molar-refractivity contribution is 0.462. The van der Waals surface area contributed by atoms with Crippen LogP contribution < -0.4 is 10.1 Å². The quantitative estimate of drug-likeness (QED) is 0.868. The molecule has 0 atom stereocenters. The smallest absolute Gasteiger partial charge is 0.243 e. The van der Waals surface area contributed by atoms with Crippen LogP contribution in [-0.2, 0) is 0 Å². The molecule has 1 aromatic carbocycles. The van der Waals surface area contributed by atoms with Gasteiger partial charge in [-0.25, -0.2) is 4.98 Å². The number of anilines is 1. The Morgan fingerprint density at radius 1 is 1.42 bits per heavy atom. The number of nitrogens with one attached hydrogen (secondary N) is 1. The number of halogens is 2. The normalized spacial score (nSPS) is 10.3. The third-order valence-corrected chi connectivity index (χ3v) is 3.01. The molecule has 0 saturated heterocycles. The van der Waals surface area contributed by atoms with Crippen LogP contribution >= 0.6 is 27.5 Å². The summed E-state index contributed by atoms with van der Waals surface area (Å²) in [6.07, 6.45) is 2.52. The number of hydrogen-bond acceptors (Lipinski definition) is 4. The first kappa shape index (κ1) is 14.1. The van der Waals surface area contributed by atoms with Crippen LogP contribution in [0, 0.1) is 0 Å². The molecule has 100 valence electrons. The zero-order chi connectivity index (χ0) is 13.7. The van der Waals surface area contributed by atoms with Crippen molar-refractivity contribution in [3.8, 4) is 11.6 Å². The van der Waals surface area contributed by atoms with E-state index in [9.17, 15) is 0 Å². The fraction of sp³-hybridized carbons (Fsp3) is 0.231. The minimum Gasteiger partial charge on any atom is -0.437 e. The minimum absolute atomic E-state index is 0.341. The van der Waals surface area contributed by atoms with E-state index in [0.29, 0.717) is 22.6 Å². The largest absolute Gasteiger partial charge is 0.437 e. The first-order valence-electron chi connectivity index (χ1n) is 5.89. The van der Waals surface area contributed by atoms with Crippen LogP contribution in [0.1, 0.15) is 13.3 Å². The van der Waals surface area contributed by atoms with E-state index in [4.69, 9.17) is 16.3 Å². The molecule has 4 nitrogen and oxygen atoms in total. The Hall–Kier alpha value is -1.33. The molecule has 0 amide bonds. The van der Waals surface area contributed by atoms with Gasteiger partial charge in [0, 0.05) is 11.0 Å². The predicted molar refractivity (Wildman–Crippen MR) is 80.0 cm³/mol. The van der Waals surface area contributed by atoms with Gasteiger partial charge in [0.25, 0.3) is 0 Å². The van der Waals surface area contributed by atoms with Crippen LogP contribution in [0.2, 0.25) is 5.02 Å². The summed E-state index contributed by atoms with van der Waals surface area (Å²) in [6.45, 7) is 2.87. The highest BCUT2D eigenvalue weighted by Gasteiger charge is 2.08. The molecule has 1 N–H and O–H groups in total. The molecule has 2 aromatic rings. The average Bonchev–Trinajstić information content (AvgIpc) is 2.40. The highest BCUT2D eigenvalue weighted by molar-refractivity contribution is 9.10. The highest BCUT2D eigenvalue weighted by atomic mass is 79.9. The molecule has 19 heavy (non-hydrogen) atoms. The zero-order valence-corrected chi connectivity index (χ0v) is 12.7. The minimum atomic E-state index is 0.341. The van der Waals surface area contributed by atoms with Gasteiger partial charge < -0.3 is 10.1 Å². The van der Waals surface area contributed by atoms with Crippen molar-refractivity contribution in [1.29, 1.82) is 0 Å². The fourth-order valence-electron chi connectivity index (χ4n) is 1.39. The molecule has 6 heteroatoms. The Kier molecular flexibility index (Phi) is 4.99. The van der Waals surface area contributed by atoms with E-state index >= 15 is 0 Å². The second-order valence-corrected chi connectivity index (χ2v) is 5.16. The highest BCUT2D eigenvalue weighted by Crippen LogP contribution is 2.28. The van der Waals surface area contributed by atoms with Gasteiger partial charge in [-0.2, -0.15) is 4.98 Å². The van der Waals surface area contributed by atoms with Crippen molar-refractivity contribution in [2.75, 3.05) is 11.9 Å². The van der Waals surface area contributed by atoms with E-state index in [-0.39, 0.29) is 0 Å². The van der Waals surface area contributed by atoms with Gasteiger partial charge in [-0.1, -0.05) is 40.5 Å². The molecule has 0 aliphatic rings. The lowest BCUT2D eigenvalue weighted by Crippen LogP contribution is -2.04. The number of nitrogens with zero attached hydrogens (tertiary/aromatic N) is 2. The number of aromatic nitrogens is 2. The van der Waals surface area contributed by atoms with Gasteiger partial charge in [0.15, 0.2) is 0 Å². The van der Waals surface area contributed by atoms with Gasteiger partial charge in [-0.15, -0.1) is 0 Å². The van der Waals surface area contributed by atoms with Crippen molar-refractivity contribution in [2.24, 2.45) is 0 Å². The fourth-order valence-corrected chi connectivity index (χ4v) is 1.90. The SMILES string of the molecule is CCCNc1ncc(Cl)c(Oc2cccc(Br)c2)n1. The van der Waals surface area contributed by atoms with Crippen molar-refractivity contribution in [1.82, 2.24) is 9.97 Å². The lowest BCUT2D eigenvalue weighted by Gasteiger charge is -2.08. The van der Waals surface area contributed by atoms with Crippen LogP contribution in [0.25, 0.3) is 0 Å².